The Hall–Kier alpha value is -0.620. The summed E-state index contributed by atoms with van der Waals surface area (Å²) in [6.07, 6.45) is 5.60. The second-order valence-electron chi connectivity index (χ2n) is 6.54. The van der Waals surface area contributed by atoms with Gasteiger partial charge < -0.3 is 10.1 Å². The molecule has 120 valence electrons. The Kier molecular flexibility index (Phi) is 5.07. The predicted molar refractivity (Wildman–Crippen MR) is 96.0 cm³/mol. The van der Waals surface area contributed by atoms with Crippen molar-refractivity contribution in [3.63, 3.8) is 0 Å². The summed E-state index contributed by atoms with van der Waals surface area (Å²) in [6, 6.07) is 7.61. The van der Waals surface area contributed by atoms with Gasteiger partial charge in [0.25, 0.3) is 0 Å². The molecule has 3 rings (SSSR count). The van der Waals surface area contributed by atoms with E-state index in [1.165, 1.54) is 28.2 Å². The number of fused-ring (bicyclic) bond motifs is 2. The molecule has 0 radical (unpaired) electrons. The largest absolute Gasteiger partial charge is 0.469 e. The summed E-state index contributed by atoms with van der Waals surface area (Å²) >= 11 is 2.43. The van der Waals surface area contributed by atoms with Crippen LogP contribution in [0.1, 0.15) is 49.7 Å². The smallest absolute Gasteiger partial charge is 0.310 e. The van der Waals surface area contributed by atoms with Crippen LogP contribution in [0.2, 0.25) is 0 Å². The lowest BCUT2D eigenvalue weighted by Crippen LogP contribution is -2.48. The van der Waals surface area contributed by atoms with E-state index in [1.807, 2.05) is 0 Å². The molecular weight excluding hydrogens is 389 g/mol. The van der Waals surface area contributed by atoms with Crippen molar-refractivity contribution in [2.45, 2.75) is 57.0 Å². The van der Waals surface area contributed by atoms with E-state index in [4.69, 9.17) is 4.74 Å². The summed E-state index contributed by atoms with van der Waals surface area (Å²) in [7, 11) is 1.51. The van der Waals surface area contributed by atoms with Crippen molar-refractivity contribution in [1.29, 1.82) is 0 Å². The van der Waals surface area contributed by atoms with E-state index in [9.17, 15) is 4.79 Å². The van der Waals surface area contributed by atoms with Crippen LogP contribution in [0.4, 0.5) is 0 Å². The van der Waals surface area contributed by atoms with Crippen molar-refractivity contribution in [2.24, 2.45) is 5.92 Å². The summed E-state index contributed by atoms with van der Waals surface area (Å²) in [5, 5.41) is 3.60. The Bertz CT molecular complexity index is 560. The number of rotatable bonds is 4. The van der Waals surface area contributed by atoms with Crippen molar-refractivity contribution < 1.29 is 9.53 Å². The Morgan fingerprint density at radius 2 is 2.23 bits per heavy atom. The third-order valence-electron chi connectivity index (χ3n) is 5.18. The zero-order valence-electron chi connectivity index (χ0n) is 13.3. The predicted octanol–water partition coefficient (Wildman–Crippen LogP) is 3.64. The average molecular weight is 413 g/mol. The molecule has 1 aromatic rings. The lowest BCUT2D eigenvalue weighted by molar-refractivity contribution is -0.148. The van der Waals surface area contributed by atoms with Crippen LogP contribution in [0.3, 0.4) is 0 Å². The van der Waals surface area contributed by atoms with Crippen LogP contribution in [0.5, 0.6) is 0 Å². The second-order valence-corrected chi connectivity index (χ2v) is 7.70. The van der Waals surface area contributed by atoms with Crippen LogP contribution in [-0.2, 0) is 16.0 Å². The molecule has 2 heterocycles. The van der Waals surface area contributed by atoms with Crippen molar-refractivity contribution >= 4 is 28.6 Å². The number of carbonyl (C=O) groups is 1. The quantitative estimate of drug-likeness (QED) is 0.605. The van der Waals surface area contributed by atoms with Gasteiger partial charge >= 0.3 is 5.97 Å². The van der Waals surface area contributed by atoms with Gasteiger partial charge in [0.15, 0.2) is 0 Å². The normalized spacial score (nSPS) is 30.3. The maximum atomic E-state index is 12.3. The molecule has 3 unspecified atom stereocenters. The molecule has 2 aliphatic heterocycles. The lowest BCUT2D eigenvalue weighted by atomic mass is 9.77. The number of nitrogens with one attached hydrogen (secondary N) is 1. The highest BCUT2D eigenvalue weighted by atomic mass is 127. The van der Waals surface area contributed by atoms with Crippen LogP contribution in [0.25, 0.3) is 0 Å². The monoisotopic (exact) mass is 413 g/mol. The van der Waals surface area contributed by atoms with Crippen LogP contribution < -0.4 is 5.32 Å². The van der Waals surface area contributed by atoms with Crippen LogP contribution >= 0.6 is 22.6 Å². The molecular formula is C18H24INO2. The number of hydrogen-bond acceptors (Lipinski definition) is 3. The minimum atomic E-state index is -0.0597. The fourth-order valence-corrected chi connectivity index (χ4v) is 4.94. The molecule has 3 nitrogen and oxygen atoms in total. The number of benzene rings is 1. The molecule has 0 aliphatic carbocycles. The summed E-state index contributed by atoms with van der Waals surface area (Å²) in [4.78, 5) is 12.3. The first-order valence-electron chi connectivity index (χ1n) is 8.26. The fraction of sp³-hybridized carbons (Fsp3) is 0.611. The first-order valence-corrected chi connectivity index (χ1v) is 9.34. The third-order valence-corrected chi connectivity index (χ3v) is 6.18. The minimum Gasteiger partial charge on any atom is -0.469 e. The molecule has 0 aromatic heterocycles. The van der Waals surface area contributed by atoms with Gasteiger partial charge in [-0.2, -0.15) is 0 Å². The molecule has 2 saturated heterocycles. The SMILES string of the molecule is CCCc1ccc([C@H]2CC3CCC(N3)C2C(=O)OC)cc1I. The zero-order chi connectivity index (χ0) is 15.7. The van der Waals surface area contributed by atoms with Gasteiger partial charge in [-0.3, -0.25) is 4.79 Å². The van der Waals surface area contributed by atoms with Gasteiger partial charge in [-0.15, -0.1) is 0 Å². The summed E-state index contributed by atoms with van der Waals surface area (Å²) < 4.78 is 6.43. The Balaban J connectivity index is 1.91. The van der Waals surface area contributed by atoms with Crippen LogP contribution in [-0.4, -0.2) is 25.2 Å². The minimum absolute atomic E-state index is 0.0448. The van der Waals surface area contributed by atoms with E-state index >= 15 is 0 Å². The third kappa shape index (κ3) is 3.04. The zero-order valence-corrected chi connectivity index (χ0v) is 15.4. The first-order chi connectivity index (χ1) is 10.6. The molecule has 4 heteroatoms. The number of hydrogen-bond donors (Lipinski definition) is 1. The number of methoxy groups -OCH3 is 1. The highest BCUT2D eigenvalue weighted by molar-refractivity contribution is 14.1. The summed E-state index contributed by atoms with van der Waals surface area (Å²) in [5.41, 5.74) is 2.72. The molecule has 22 heavy (non-hydrogen) atoms. The van der Waals surface area contributed by atoms with E-state index in [0.29, 0.717) is 6.04 Å². The van der Waals surface area contributed by atoms with E-state index in [0.717, 1.165) is 25.7 Å². The molecule has 2 aliphatic rings. The van der Waals surface area contributed by atoms with Gasteiger partial charge in [-0.1, -0.05) is 25.5 Å². The molecule has 0 amide bonds. The van der Waals surface area contributed by atoms with E-state index in [-0.39, 0.29) is 23.8 Å². The maximum absolute atomic E-state index is 12.3. The van der Waals surface area contributed by atoms with Gasteiger partial charge in [0.05, 0.1) is 13.0 Å². The average Bonchev–Trinajstić information content (AvgIpc) is 2.90. The lowest BCUT2D eigenvalue weighted by Gasteiger charge is -2.36. The second kappa shape index (κ2) is 6.87. The number of ether oxygens (including phenoxy) is 1. The number of esters is 1. The van der Waals surface area contributed by atoms with Gasteiger partial charge in [0.1, 0.15) is 0 Å². The van der Waals surface area contributed by atoms with Crippen molar-refractivity contribution in [2.75, 3.05) is 7.11 Å². The van der Waals surface area contributed by atoms with Crippen LogP contribution in [0, 0.1) is 9.49 Å². The summed E-state index contributed by atoms with van der Waals surface area (Å²) in [5.74, 6) is 0.183. The van der Waals surface area contributed by atoms with E-state index in [2.05, 4.69) is 53.0 Å². The van der Waals surface area contributed by atoms with E-state index < -0.39 is 0 Å². The molecule has 2 fully saturated rings. The van der Waals surface area contributed by atoms with Gasteiger partial charge in [0, 0.05) is 21.6 Å². The van der Waals surface area contributed by atoms with Crippen LogP contribution in [0.15, 0.2) is 18.2 Å². The molecule has 2 bridgehead atoms. The highest BCUT2D eigenvalue weighted by Crippen LogP contribution is 2.42. The van der Waals surface area contributed by atoms with Crippen molar-refractivity contribution in [1.82, 2.24) is 5.32 Å². The van der Waals surface area contributed by atoms with Crippen molar-refractivity contribution in [3.8, 4) is 0 Å². The first kappa shape index (κ1) is 16.2. The fourth-order valence-electron chi connectivity index (χ4n) is 4.13. The standard InChI is InChI=1S/C18H24INO2/c1-3-4-11-5-6-12(9-15(11)19)14-10-13-7-8-16(20-13)17(14)18(21)22-2/h5-6,9,13-14,16-17,20H,3-4,7-8,10H2,1-2H3/t13?,14-,16?,17?/m1/s1. The summed E-state index contributed by atoms with van der Waals surface area (Å²) in [6.45, 7) is 2.21. The number of halogens is 1. The van der Waals surface area contributed by atoms with E-state index in [1.54, 1.807) is 0 Å². The maximum Gasteiger partial charge on any atom is 0.310 e. The topological polar surface area (TPSA) is 38.3 Å². The number of piperidine rings is 1. The molecule has 1 N–H and O–H groups in total. The van der Waals surface area contributed by atoms with Gasteiger partial charge in [0.2, 0.25) is 0 Å². The Morgan fingerprint density at radius 1 is 1.41 bits per heavy atom. The van der Waals surface area contributed by atoms with Gasteiger partial charge in [-0.05, 0) is 65.5 Å². The number of aryl methyl sites for hydroxylation is 1. The molecule has 1 aromatic carbocycles. The van der Waals surface area contributed by atoms with Gasteiger partial charge in [-0.25, -0.2) is 0 Å². The Morgan fingerprint density at radius 3 is 2.91 bits per heavy atom. The molecule has 0 saturated carbocycles. The Labute approximate surface area is 146 Å². The number of carbonyl (C=O) groups excluding carboxylic acids is 1. The van der Waals surface area contributed by atoms with Crippen molar-refractivity contribution in [3.05, 3.63) is 32.9 Å². The molecule has 4 atom stereocenters. The molecule has 0 spiro atoms. The highest BCUT2D eigenvalue weighted by Gasteiger charge is 2.46.